The van der Waals surface area contributed by atoms with Crippen LogP contribution in [0.15, 0.2) is 23.1 Å². The zero-order chi connectivity index (χ0) is 12.8. The molecule has 0 aliphatic carbocycles. The number of ether oxygens (including phenoxy) is 1. The molecule has 4 nitrogen and oxygen atoms in total. The molecule has 1 aromatic carbocycles. The predicted molar refractivity (Wildman–Crippen MR) is 68.6 cm³/mol. The van der Waals surface area contributed by atoms with E-state index in [4.69, 9.17) is 15.6 Å². The fraction of sp³-hybridized carbons (Fsp3) is 0.417. The maximum absolute atomic E-state index is 10.5. The van der Waals surface area contributed by atoms with Crippen molar-refractivity contribution >= 4 is 17.7 Å². The molecule has 17 heavy (non-hydrogen) atoms. The topological polar surface area (TPSA) is 72.5 Å². The van der Waals surface area contributed by atoms with Crippen LogP contribution in [0, 0.1) is 0 Å². The summed E-state index contributed by atoms with van der Waals surface area (Å²) in [6, 6.07) is 5.39. The van der Waals surface area contributed by atoms with E-state index in [9.17, 15) is 4.79 Å². The third kappa shape index (κ3) is 3.64. The molecule has 1 atom stereocenters. The summed E-state index contributed by atoms with van der Waals surface area (Å²) in [5.41, 5.74) is 6.95. The van der Waals surface area contributed by atoms with Crippen LogP contribution in [0.2, 0.25) is 0 Å². The van der Waals surface area contributed by atoms with Crippen molar-refractivity contribution in [1.82, 2.24) is 0 Å². The third-order valence-corrected chi connectivity index (χ3v) is 3.35. The highest BCUT2D eigenvalue weighted by Crippen LogP contribution is 2.34. The van der Waals surface area contributed by atoms with Gasteiger partial charge < -0.3 is 15.6 Å². The molecule has 0 bridgehead atoms. The third-order valence-electron chi connectivity index (χ3n) is 2.50. The Morgan fingerprint density at radius 3 is 2.82 bits per heavy atom. The lowest BCUT2D eigenvalue weighted by atomic mass is 10.0. The molecule has 0 saturated heterocycles. The summed E-state index contributed by atoms with van der Waals surface area (Å²) < 4.78 is 5.26. The van der Waals surface area contributed by atoms with Crippen molar-refractivity contribution in [3.8, 4) is 5.75 Å². The van der Waals surface area contributed by atoms with Gasteiger partial charge in [0.1, 0.15) is 5.75 Å². The summed E-state index contributed by atoms with van der Waals surface area (Å²) in [6.45, 7) is 0. The van der Waals surface area contributed by atoms with Gasteiger partial charge in [0, 0.05) is 12.5 Å². The molecular weight excluding hydrogens is 238 g/mol. The van der Waals surface area contributed by atoms with Crippen LogP contribution >= 0.6 is 11.8 Å². The van der Waals surface area contributed by atoms with Gasteiger partial charge in [-0.15, -0.1) is 11.8 Å². The highest BCUT2D eigenvalue weighted by atomic mass is 32.2. The molecule has 1 aromatic rings. The van der Waals surface area contributed by atoms with Crippen LogP contribution in [0.3, 0.4) is 0 Å². The highest BCUT2D eigenvalue weighted by molar-refractivity contribution is 7.98. The monoisotopic (exact) mass is 255 g/mol. The number of methoxy groups -OCH3 is 1. The Morgan fingerprint density at radius 2 is 2.29 bits per heavy atom. The number of carbonyl (C=O) groups is 1. The second-order valence-corrected chi connectivity index (χ2v) is 4.44. The van der Waals surface area contributed by atoms with Crippen molar-refractivity contribution in [3.63, 3.8) is 0 Å². The first-order chi connectivity index (χ1) is 8.10. The molecule has 3 N–H and O–H groups in total. The summed E-state index contributed by atoms with van der Waals surface area (Å²) in [7, 11) is 1.61. The normalized spacial score (nSPS) is 12.2. The first-order valence-electron chi connectivity index (χ1n) is 5.28. The quantitative estimate of drug-likeness (QED) is 0.763. The first kappa shape index (κ1) is 13.9. The summed E-state index contributed by atoms with van der Waals surface area (Å²) in [5.74, 6) is -0.0465. The van der Waals surface area contributed by atoms with Crippen molar-refractivity contribution in [2.75, 3.05) is 13.4 Å². The highest BCUT2D eigenvalue weighted by Gasteiger charge is 2.15. The number of hydrogen-bond acceptors (Lipinski definition) is 4. The molecule has 0 amide bonds. The van der Waals surface area contributed by atoms with Crippen molar-refractivity contribution in [1.29, 1.82) is 0 Å². The number of nitrogens with two attached hydrogens (primary N) is 1. The van der Waals surface area contributed by atoms with E-state index in [1.165, 1.54) is 0 Å². The number of aliphatic carboxylic acids is 1. The van der Waals surface area contributed by atoms with E-state index < -0.39 is 5.97 Å². The van der Waals surface area contributed by atoms with Gasteiger partial charge in [0.05, 0.1) is 12.0 Å². The van der Waals surface area contributed by atoms with E-state index in [0.717, 1.165) is 16.2 Å². The predicted octanol–water partition coefficient (Wildman–Crippen LogP) is 2.28. The number of rotatable bonds is 6. The van der Waals surface area contributed by atoms with E-state index in [1.54, 1.807) is 18.9 Å². The van der Waals surface area contributed by atoms with Crippen molar-refractivity contribution < 1.29 is 14.6 Å². The lowest BCUT2D eigenvalue weighted by Gasteiger charge is -2.17. The van der Waals surface area contributed by atoms with Gasteiger partial charge in [-0.1, -0.05) is 12.1 Å². The summed E-state index contributed by atoms with van der Waals surface area (Å²) in [5, 5.41) is 8.65. The first-order valence-corrected chi connectivity index (χ1v) is 6.51. The van der Waals surface area contributed by atoms with E-state index >= 15 is 0 Å². The van der Waals surface area contributed by atoms with Crippen LogP contribution in [0.1, 0.15) is 24.4 Å². The van der Waals surface area contributed by atoms with Gasteiger partial charge in [0.25, 0.3) is 0 Å². The Balaban J connectivity index is 2.92. The zero-order valence-corrected chi connectivity index (χ0v) is 10.8. The summed E-state index contributed by atoms with van der Waals surface area (Å²) in [4.78, 5) is 11.5. The minimum absolute atomic E-state index is 0.0756. The van der Waals surface area contributed by atoms with E-state index in [-0.39, 0.29) is 12.5 Å². The molecule has 0 heterocycles. The second-order valence-electron chi connectivity index (χ2n) is 3.62. The lowest BCUT2D eigenvalue weighted by molar-refractivity contribution is -0.137. The number of benzene rings is 1. The van der Waals surface area contributed by atoms with Crippen LogP contribution in [-0.2, 0) is 4.79 Å². The van der Waals surface area contributed by atoms with Crippen LogP contribution < -0.4 is 10.5 Å². The SMILES string of the molecule is COc1cccc(C(N)CCC(=O)O)c1SC. The lowest BCUT2D eigenvalue weighted by Crippen LogP contribution is -2.13. The number of thioether (sulfide) groups is 1. The van der Waals surface area contributed by atoms with Gasteiger partial charge in [0.2, 0.25) is 0 Å². The van der Waals surface area contributed by atoms with Crippen molar-refractivity contribution in [2.24, 2.45) is 5.73 Å². The van der Waals surface area contributed by atoms with Gasteiger partial charge >= 0.3 is 5.97 Å². The molecule has 0 aliphatic rings. The Hall–Kier alpha value is -1.20. The molecule has 5 heteroatoms. The van der Waals surface area contributed by atoms with E-state index in [2.05, 4.69) is 0 Å². The maximum Gasteiger partial charge on any atom is 0.303 e. The van der Waals surface area contributed by atoms with E-state index in [0.29, 0.717) is 6.42 Å². The zero-order valence-electron chi connectivity index (χ0n) is 9.97. The van der Waals surface area contributed by atoms with Gasteiger partial charge in [0.15, 0.2) is 0 Å². The Labute approximate surface area is 105 Å². The molecule has 0 spiro atoms. The molecule has 0 aromatic heterocycles. The van der Waals surface area contributed by atoms with Gasteiger partial charge in [-0.25, -0.2) is 0 Å². The second kappa shape index (κ2) is 6.51. The average molecular weight is 255 g/mol. The molecule has 0 aliphatic heterocycles. The summed E-state index contributed by atoms with van der Waals surface area (Å²) in [6.07, 6.45) is 2.45. The summed E-state index contributed by atoms with van der Waals surface area (Å²) >= 11 is 1.56. The smallest absolute Gasteiger partial charge is 0.303 e. The number of hydrogen-bond donors (Lipinski definition) is 2. The Morgan fingerprint density at radius 1 is 1.59 bits per heavy atom. The molecule has 0 saturated carbocycles. The molecular formula is C12H17NO3S. The molecule has 94 valence electrons. The molecule has 0 fully saturated rings. The van der Waals surface area contributed by atoms with Gasteiger partial charge in [-0.2, -0.15) is 0 Å². The van der Waals surface area contributed by atoms with Gasteiger partial charge in [-0.05, 0) is 24.3 Å². The van der Waals surface area contributed by atoms with Crippen LogP contribution in [0.5, 0.6) is 5.75 Å². The maximum atomic E-state index is 10.5. The fourth-order valence-electron chi connectivity index (χ4n) is 1.64. The fourth-order valence-corrected chi connectivity index (χ4v) is 2.45. The number of carboxylic acid groups (broad SMARTS) is 1. The van der Waals surface area contributed by atoms with Crippen LogP contribution in [-0.4, -0.2) is 24.4 Å². The Kier molecular flexibility index (Phi) is 5.31. The van der Waals surface area contributed by atoms with Gasteiger partial charge in [-0.3, -0.25) is 4.79 Å². The van der Waals surface area contributed by atoms with Crippen molar-refractivity contribution in [2.45, 2.75) is 23.8 Å². The molecule has 1 rings (SSSR count). The molecule has 1 unspecified atom stereocenters. The standard InChI is InChI=1S/C12H17NO3S/c1-16-10-5-3-4-8(12(10)17-2)9(13)6-7-11(14)15/h3-5,9H,6-7,13H2,1-2H3,(H,14,15). The number of carboxylic acids is 1. The minimum atomic E-state index is -0.825. The van der Waals surface area contributed by atoms with Crippen LogP contribution in [0.25, 0.3) is 0 Å². The van der Waals surface area contributed by atoms with E-state index in [1.807, 2.05) is 24.5 Å². The van der Waals surface area contributed by atoms with Crippen LogP contribution in [0.4, 0.5) is 0 Å². The Bertz CT molecular complexity index is 395. The molecule has 0 radical (unpaired) electrons. The minimum Gasteiger partial charge on any atom is -0.496 e. The largest absolute Gasteiger partial charge is 0.496 e. The average Bonchev–Trinajstić information content (AvgIpc) is 2.34. The van der Waals surface area contributed by atoms with Crippen molar-refractivity contribution in [3.05, 3.63) is 23.8 Å².